The first kappa shape index (κ1) is 17.2. The van der Waals surface area contributed by atoms with E-state index in [0.717, 1.165) is 5.56 Å². The molecule has 4 N–H and O–H groups in total. The van der Waals surface area contributed by atoms with Crippen molar-refractivity contribution in [2.75, 3.05) is 25.5 Å². The third-order valence-electron chi connectivity index (χ3n) is 2.26. The van der Waals surface area contributed by atoms with Crippen LogP contribution in [0.5, 0.6) is 5.75 Å². The number of hydrogen-bond acceptors (Lipinski definition) is 4. The molecule has 6 nitrogen and oxygen atoms in total. The number of nitrogens with one attached hydrogen (secondary N) is 2. The standard InChI is InChI=1S/C12H17N3O3.ClH/c1-8-3-4-9(10(5-8)18-2)15-12(17)7-14-11(16)6-13;/h3-5H,6-7,13H2,1-2H3,(H,14,16)(H,15,17);1H. The molecule has 0 fully saturated rings. The Hall–Kier alpha value is -1.79. The maximum Gasteiger partial charge on any atom is 0.243 e. The van der Waals surface area contributed by atoms with Crippen LogP contribution >= 0.6 is 12.4 Å². The molecule has 106 valence electrons. The number of hydrogen-bond donors (Lipinski definition) is 3. The summed E-state index contributed by atoms with van der Waals surface area (Å²) in [6.45, 7) is 1.67. The third-order valence-corrected chi connectivity index (χ3v) is 2.26. The Morgan fingerprint density at radius 2 is 2.00 bits per heavy atom. The molecule has 0 saturated carbocycles. The smallest absolute Gasteiger partial charge is 0.243 e. The average Bonchev–Trinajstić information content (AvgIpc) is 2.37. The Morgan fingerprint density at radius 1 is 1.32 bits per heavy atom. The second-order valence-corrected chi connectivity index (χ2v) is 3.73. The first-order valence-corrected chi connectivity index (χ1v) is 5.48. The van der Waals surface area contributed by atoms with E-state index in [4.69, 9.17) is 10.5 Å². The van der Waals surface area contributed by atoms with Gasteiger partial charge in [-0.2, -0.15) is 0 Å². The highest BCUT2D eigenvalue weighted by Crippen LogP contribution is 2.24. The summed E-state index contributed by atoms with van der Waals surface area (Å²) in [5.74, 6) is -0.131. The highest BCUT2D eigenvalue weighted by atomic mass is 35.5. The number of ether oxygens (including phenoxy) is 1. The number of nitrogens with two attached hydrogens (primary N) is 1. The van der Waals surface area contributed by atoms with E-state index < -0.39 is 0 Å². The normalized spacial score (nSPS) is 9.21. The highest BCUT2D eigenvalue weighted by molar-refractivity contribution is 5.95. The van der Waals surface area contributed by atoms with Crippen molar-refractivity contribution in [1.82, 2.24) is 5.32 Å². The number of amides is 2. The zero-order valence-electron chi connectivity index (χ0n) is 10.9. The first-order chi connectivity index (χ1) is 8.56. The highest BCUT2D eigenvalue weighted by Gasteiger charge is 2.08. The maximum atomic E-state index is 11.6. The Balaban J connectivity index is 0.00000324. The van der Waals surface area contributed by atoms with Crippen LogP contribution < -0.4 is 21.1 Å². The molecule has 0 aromatic heterocycles. The quantitative estimate of drug-likeness (QED) is 0.732. The molecule has 1 rings (SSSR count). The minimum Gasteiger partial charge on any atom is -0.495 e. The summed E-state index contributed by atoms with van der Waals surface area (Å²) in [6, 6.07) is 5.42. The maximum absolute atomic E-state index is 11.6. The summed E-state index contributed by atoms with van der Waals surface area (Å²) in [6.07, 6.45) is 0. The van der Waals surface area contributed by atoms with Gasteiger partial charge in [-0.15, -0.1) is 12.4 Å². The van der Waals surface area contributed by atoms with E-state index in [1.165, 1.54) is 7.11 Å². The van der Waals surface area contributed by atoms with Gasteiger partial charge < -0.3 is 21.1 Å². The minimum absolute atomic E-state index is 0. The summed E-state index contributed by atoms with van der Waals surface area (Å²) in [5, 5.41) is 5.03. The first-order valence-electron chi connectivity index (χ1n) is 5.48. The van der Waals surface area contributed by atoms with Crippen molar-refractivity contribution in [3.63, 3.8) is 0 Å². The van der Waals surface area contributed by atoms with Gasteiger partial charge >= 0.3 is 0 Å². The van der Waals surface area contributed by atoms with Crippen LogP contribution in [0.1, 0.15) is 5.56 Å². The third kappa shape index (κ3) is 5.58. The Morgan fingerprint density at radius 3 is 2.58 bits per heavy atom. The molecule has 1 aromatic rings. The zero-order chi connectivity index (χ0) is 13.5. The second-order valence-electron chi connectivity index (χ2n) is 3.73. The molecule has 0 bridgehead atoms. The Labute approximate surface area is 118 Å². The van der Waals surface area contributed by atoms with Crippen molar-refractivity contribution < 1.29 is 14.3 Å². The number of anilines is 1. The molecule has 0 atom stereocenters. The van der Waals surface area contributed by atoms with Gasteiger partial charge in [0.1, 0.15) is 5.75 Å². The fourth-order valence-corrected chi connectivity index (χ4v) is 1.35. The zero-order valence-corrected chi connectivity index (χ0v) is 11.7. The number of aryl methyl sites for hydroxylation is 1. The predicted octanol–water partition coefficient (Wildman–Crippen LogP) is 0.439. The molecule has 1 aromatic carbocycles. The summed E-state index contributed by atoms with van der Waals surface area (Å²) < 4.78 is 5.15. The van der Waals surface area contributed by atoms with Gasteiger partial charge in [0.05, 0.1) is 25.9 Å². The van der Waals surface area contributed by atoms with Crippen LogP contribution in [-0.4, -0.2) is 32.0 Å². The molecule has 0 heterocycles. The van der Waals surface area contributed by atoms with Gasteiger partial charge in [0.2, 0.25) is 11.8 Å². The van der Waals surface area contributed by atoms with E-state index in [1.54, 1.807) is 6.07 Å². The number of rotatable bonds is 5. The lowest BCUT2D eigenvalue weighted by atomic mass is 10.2. The van der Waals surface area contributed by atoms with Gasteiger partial charge in [-0.1, -0.05) is 6.07 Å². The van der Waals surface area contributed by atoms with Crippen LogP contribution in [0.25, 0.3) is 0 Å². The average molecular weight is 288 g/mol. The van der Waals surface area contributed by atoms with Gasteiger partial charge in [-0.3, -0.25) is 9.59 Å². The molecule has 2 amide bonds. The largest absolute Gasteiger partial charge is 0.495 e. The lowest BCUT2D eigenvalue weighted by Crippen LogP contribution is -2.36. The van der Waals surface area contributed by atoms with Crippen LogP contribution in [0.15, 0.2) is 18.2 Å². The number of benzene rings is 1. The van der Waals surface area contributed by atoms with E-state index >= 15 is 0 Å². The molecule has 0 unspecified atom stereocenters. The van der Waals surface area contributed by atoms with Crippen molar-refractivity contribution >= 4 is 29.9 Å². The number of methoxy groups -OCH3 is 1. The SMILES string of the molecule is COc1cc(C)ccc1NC(=O)CNC(=O)CN.Cl. The molecular weight excluding hydrogens is 270 g/mol. The Kier molecular flexibility index (Phi) is 7.55. The van der Waals surface area contributed by atoms with E-state index in [0.29, 0.717) is 11.4 Å². The van der Waals surface area contributed by atoms with Crippen molar-refractivity contribution in [2.24, 2.45) is 5.73 Å². The van der Waals surface area contributed by atoms with Crippen LogP contribution in [0.4, 0.5) is 5.69 Å². The molecule has 0 aliphatic carbocycles. The minimum atomic E-state index is -0.374. The van der Waals surface area contributed by atoms with Crippen LogP contribution in [0.3, 0.4) is 0 Å². The molecule has 0 aliphatic heterocycles. The summed E-state index contributed by atoms with van der Waals surface area (Å²) >= 11 is 0. The van der Waals surface area contributed by atoms with Crippen LogP contribution in [0.2, 0.25) is 0 Å². The van der Waals surface area contributed by atoms with Gasteiger partial charge in [0.25, 0.3) is 0 Å². The monoisotopic (exact) mass is 287 g/mol. The number of halogens is 1. The molecule has 0 aliphatic rings. The van der Waals surface area contributed by atoms with Crippen molar-refractivity contribution in [3.8, 4) is 5.75 Å². The fraction of sp³-hybridized carbons (Fsp3) is 0.333. The summed E-state index contributed by atoms with van der Waals surface area (Å²) in [4.78, 5) is 22.5. The van der Waals surface area contributed by atoms with E-state index in [9.17, 15) is 9.59 Å². The number of carbonyl (C=O) groups excluding carboxylic acids is 2. The van der Waals surface area contributed by atoms with Crippen molar-refractivity contribution in [2.45, 2.75) is 6.92 Å². The molecule has 0 spiro atoms. The van der Waals surface area contributed by atoms with Gasteiger partial charge in [0.15, 0.2) is 0 Å². The summed E-state index contributed by atoms with van der Waals surface area (Å²) in [5.41, 5.74) is 6.70. The van der Waals surface area contributed by atoms with Crippen LogP contribution in [0, 0.1) is 6.92 Å². The predicted molar refractivity (Wildman–Crippen MR) is 75.7 cm³/mol. The van der Waals surface area contributed by atoms with E-state index in [1.807, 2.05) is 19.1 Å². The van der Waals surface area contributed by atoms with Crippen molar-refractivity contribution in [1.29, 1.82) is 0 Å². The fourth-order valence-electron chi connectivity index (χ4n) is 1.35. The molecule has 0 radical (unpaired) electrons. The second kappa shape index (κ2) is 8.34. The molecule has 0 saturated heterocycles. The van der Waals surface area contributed by atoms with Crippen molar-refractivity contribution in [3.05, 3.63) is 23.8 Å². The van der Waals surface area contributed by atoms with E-state index in [-0.39, 0.29) is 37.3 Å². The molecular formula is C12H18ClN3O3. The van der Waals surface area contributed by atoms with Gasteiger partial charge in [-0.05, 0) is 24.6 Å². The Bertz CT molecular complexity index is 452. The number of carbonyl (C=O) groups is 2. The van der Waals surface area contributed by atoms with E-state index in [2.05, 4.69) is 10.6 Å². The lowest BCUT2D eigenvalue weighted by Gasteiger charge is -2.11. The van der Waals surface area contributed by atoms with Gasteiger partial charge in [-0.25, -0.2) is 0 Å². The summed E-state index contributed by atoms with van der Waals surface area (Å²) in [7, 11) is 1.53. The molecule has 7 heteroatoms. The molecule has 19 heavy (non-hydrogen) atoms. The van der Waals surface area contributed by atoms with Crippen LogP contribution in [-0.2, 0) is 9.59 Å². The van der Waals surface area contributed by atoms with Gasteiger partial charge in [0, 0.05) is 0 Å². The topological polar surface area (TPSA) is 93.5 Å². The lowest BCUT2D eigenvalue weighted by molar-refractivity contribution is -0.123.